The van der Waals surface area contributed by atoms with Crippen molar-refractivity contribution in [2.75, 3.05) is 5.73 Å². The third kappa shape index (κ3) is 3.02. The summed E-state index contributed by atoms with van der Waals surface area (Å²) in [6.07, 6.45) is 0. The van der Waals surface area contributed by atoms with Crippen LogP contribution in [0.3, 0.4) is 0 Å². The van der Waals surface area contributed by atoms with Crippen molar-refractivity contribution in [2.24, 2.45) is 0 Å². The number of aromatic nitrogens is 1. The molecule has 0 amide bonds. The number of carbonyl (C=O) groups excluding carboxylic acids is 1. The lowest BCUT2D eigenvalue weighted by Gasteiger charge is -2.18. The smallest absolute Gasteiger partial charge is 0.358 e. The van der Waals surface area contributed by atoms with Gasteiger partial charge in [-0.3, -0.25) is 0 Å². The second-order valence-electron chi connectivity index (χ2n) is 3.57. The molecule has 0 spiro atoms. The van der Waals surface area contributed by atoms with Crippen LogP contribution in [0.2, 0.25) is 0 Å². The van der Waals surface area contributed by atoms with E-state index >= 15 is 0 Å². The normalized spacial score (nSPS) is 11.3. The highest BCUT2D eigenvalue weighted by molar-refractivity contribution is 7.13. The predicted molar refractivity (Wildman–Crippen MR) is 51.7 cm³/mol. The van der Waals surface area contributed by atoms with Gasteiger partial charge in [0.05, 0.1) is 0 Å². The fourth-order valence-corrected chi connectivity index (χ4v) is 1.24. The Morgan fingerprint density at radius 3 is 2.62 bits per heavy atom. The minimum atomic E-state index is -0.491. The molecule has 0 bridgehead atoms. The predicted octanol–water partition coefficient (Wildman–Crippen LogP) is 1.68. The van der Waals surface area contributed by atoms with Gasteiger partial charge in [-0.15, -0.1) is 11.3 Å². The molecule has 0 saturated heterocycles. The molecular weight excluding hydrogens is 188 g/mol. The lowest BCUT2D eigenvalue weighted by Crippen LogP contribution is -2.24. The van der Waals surface area contributed by atoms with Crippen molar-refractivity contribution >= 4 is 22.4 Å². The SMILES string of the molecule is CC(C)(C)OC(=O)c1csc(N)n1. The fraction of sp³-hybridized carbons (Fsp3) is 0.500. The highest BCUT2D eigenvalue weighted by atomic mass is 32.1. The van der Waals surface area contributed by atoms with Gasteiger partial charge in [-0.05, 0) is 20.8 Å². The lowest BCUT2D eigenvalue weighted by molar-refractivity contribution is 0.00638. The van der Waals surface area contributed by atoms with E-state index in [1.54, 1.807) is 26.2 Å². The highest BCUT2D eigenvalue weighted by Gasteiger charge is 2.19. The van der Waals surface area contributed by atoms with Crippen molar-refractivity contribution < 1.29 is 9.53 Å². The summed E-state index contributed by atoms with van der Waals surface area (Å²) >= 11 is 1.22. The topological polar surface area (TPSA) is 65.2 Å². The number of nitrogens with two attached hydrogens (primary N) is 1. The third-order valence-electron chi connectivity index (χ3n) is 1.13. The van der Waals surface area contributed by atoms with Gasteiger partial charge < -0.3 is 10.5 Å². The van der Waals surface area contributed by atoms with Crippen LogP contribution >= 0.6 is 11.3 Å². The largest absolute Gasteiger partial charge is 0.455 e. The maximum absolute atomic E-state index is 11.3. The van der Waals surface area contributed by atoms with Gasteiger partial charge in [-0.25, -0.2) is 9.78 Å². The molecule has 1 heterocycles. The lowest BCUT2D eigenvalue weighted by atomic mass is 10.2. The maximum atomic E-state index is 11.3. The molecule has 1 aromatic heterocycles. The molecule has 13 heavy (non-hydrogen) atoms. The third-order valence-corrected chi connectivity index (χ3v) is 1.80. The summed E-state index contributed by atoms with van der Waals surface area (Å²) in [5.41, 5.74) is 5.16. The minimum Gasteiger partial charge on any atom is -0.455 e. The van der Waals surface area contributed by atoms with E-state index in [0.29, 0.717) is 5.13 Å². The number of thiazole rings is 1. The zero-order chi connectivity index (χ0) is 10.1. The molecule has 0 fully saturated rings. The highest BCUT2D eigenvalue weighted by Crippen LogP contribution is 2.15. The Morgan fingerprint density at radius 2 is 2.23 bits per heavy atom. The number of carbonyl (C=O) groups is 1. The van der Waals surface area contributed by atoms with Crippen LogP contribution in [0.15, 0.2) is 5.38 Å². The van der Waals surface area contributed by atoms with Crippen LogP contribution in [0.5, 0.6) is 0 Å². The Balaban J connectivity index is 2.70. The first kappa shape index (κ1) is 9.98. The Bertz CT molecular complexity index is 314. The van der Waals surface area contributed by atoms with Gasteiger partial charge >= 0.3 is 5.97 Å². The summed E-state index contributed by atoms with van der Waals surface area (Å²) in [6, 6.07) is 0. The van der Waals surface area contributed by atoms with E-state index < -0.39 is 11.6 Å². The van der Waals surface area contributed by atoms with Crippen molar-refractivity contribution in [3.05, 3.63) is 11.1 Å². The van der Waals surface area contributed by atoms with Crippen LogP contribution in [0.1, 0.15) is 31.3 Å². The average Bonchev–Trinajstić information content (AvgIpc) is 2.31. The Kier molecular flexibility index (Phi) is 2.56. The molecule has 72 valence electrons. The molecule has 0 atom stereocenters. The summed E-state index contributed by atoms with van der Waals surface area (Å²) in [5, 5.41) is 1.96. The molecule has 0 aromatic carbocycles. The van der Waals surface area contributed by atoms with Gasteiger partial charge in [0, 0.05) is 5.38 Å². The van der Waals surface area contributed by atoms with Crippen LogP contribution < -0.4 is 5.73 Å². The van der Waals surface area contributed by atoms with E-state index in [2.05, 4.69) is 4.98 Å². The molecule has 0 aliphatic carbocycles. The summed E-state index contributed by atoms with van der Waals surface area (Å²) in [4.78, 5) is 15.2. The van der Waals surface area contributed by atoms with Gasteiger partial charge in [0.15, 0.2) is 10.8 Å². The number of rotatable bonds is 1. The zero-order valence-corrected chi connectivity index (χ0v) is 8.64. The zero-order valence-electron chi connectivity index (χ0n) is 7.83. The number of esters is 1. The summed E-state index contributed by atoms with van der Waals surface area (Å²) < 4.78 is 5.09. The molecule has 4 nitrogen and oxygen atoms in total. The Hall–Kier alpha value is -1.10. The first-order chi connectivity index (χ1) is 5.88. The Morgan fingerprint density at radius 1 is 1.62 bits per heavy atom. The molecular formula is C8H12N2O2S. The van der Waals surface area contributed by atoms with E-state index in [1.807, 2.05) is 0 Å². The number of anilines is 1. The van der Waals surface area contributed by atoms with Crippen molar-refractivity contribution in [1.82, 2.24) is 4.98 Å². The first-order valence-corrected chi connectivity index (χ1v) is 4.71. The molecule has 1 rings (SSSR count). The molecule has 0 unspecified atom stereocenters. The number of ether oxygens (including phenoxy) is 1. The van der Waals surface area contributed by atoms with Gasteiger partial charge in [-0.1, -0.05) is 0 Å². The van der Waals surface area contributed by atoms with Crippen LogP contribution in [0.25, 0.3) is 0 Å². The number of nitrogen functional groups attached to an aromatic ring is 1. The number of hydrogen-bond donors (Lipinski definition) is 1. The molecule has 0 aliphatic heterocycles. The molecule has 1 aromatic rings. The van der Waals surface area contributed by atoms with Crippen LogP contribution in [-0.2, 0) is 4.74 Å². The van der Waals surface area contributed by atoms with E-state index in [1.165, 1.54) is 11.3 Å². The van der Waals surface area contributed by atoms with E-state index in [9.17, 15) is 4.79 Å². The number of nitrogens with zero attached hydrogens (tertiary/aromatic N) is 1. The molecule has 0 aliphatic rings. The van der Waals surface area contributed by atoms with E-state index in [0.717, 1.165) is 0 Å². The van der Waals surface area contributed by atoms with E-state index in [4.69, 9.17) is 10.5 Å². The summed E-state index contributed by atoms with van der Waals surface area (Å²) in [6.45, 7) is 5.42. The standard InChI is InChI=1S/C8H12N2O2S/c1-8(2,3)12-6(11)5-4-13-7(9)10-5/h4H,1-3H3,(H2,9,10). The van der Waals surface area contributed by atoms with Crippen molar-refractivity contribution in [3.8, 4) is 0 Å². The van der Waals surface area contributed by atoms with Gasteiger partial charge in [0.1, 0.15) is 5.60 Å². The second kappa shape index (κ2) is 3.33. The van der Waals surface area contributed by atoms with Crippen LogP contribution in [-0.4, -0.2) is 16.6 Å². The van der Waals surface area contributed by atoms with Crippen molar-refractivity contribution in [3.63, 3.8) is 0 Å². The molecule has 2 N–H and O–H groups in total. The molecule has 0 radical (unpaired) electrons. The average molecular weight is 200 g/mol. The Labute approximate surface area is 80.7 Å². The first-order valence-electron chi connectivity index (χ1n) is 3.83. The van der Waals surface area contributed by atoms with Gasteiger partial charge in [-0.2, -0.15) is 0 Å². The quantitative estimate of drug-likeness (QED) is 0.700. The monoisotopic (exact) mass is 200 g/mol. The minimum absolute atomic E-state index is 0.275. The van der Waals surface area contributed by atoms with Gasteiger partial charge in [0.2, 0.25) is 0 Å². The number of hydrogen-bond acceptors (Lipinski definition) is 5. The van der Waals surface area contributed by atoms with Crippen molar-refractivity contribution in [2.45, 2.75) is 26.4 Å². The van der Waals surface area contributed by atoms with E-state index in [-0.39, 0.29) is 5.69 Å². The molecule has 5 heteroatoms. The summed E-state index contributed by atoms with van der Waals surface area (Å²) in [7, 11) is 0. The van der Waals surface area contributed by atoms with Gasteiger partial charge in [0.25, 0.3) is 0 Å². The summed E-state index contributed by atoms with van der Waals surface area (Å²) in [5.74, 6) is -0.430. The fourth-order valence-electron chi connectivity index (χ4n) is 0.712. The van der Waals surface area contributed by atoms with Crippen LogP contribution in [0, 0.1) is 0 Å². The molecule has 0 saturated carbocycles. The maximum Gasteiger partial charge on any atom is 0.358 e. The van der Waals surface area contributed by atoms with Crippen LogP contribution in [0.4, 0.5) is 5.13 Å². The van der Waals surface area contributed by atoms with Crippen molar-refractivity contribution in [1.29, 1.82) is 0 Å². The second-order valence-corrected chi connectivity index (χ2v) is 4.46.